The molecule has 2 rings (SSSR count). The predicted octanol–water partition coefficient (Wildman–Crippen LogP) is 3.24. The highest BCUT2D eigenvalue weighted by molar-refractivity contribution is 5.97. The van der Waals surface area contributed by atoms with Crippen molar-refractivity contribution in [1.82, 2.24) is 9.55 Å². The van der Waals surface area contributed by atoms with E-state index in [4.69, 9.17) is 4.74 Å². The fraction of sp³-hybridized carbons (Fsp3) is 0.412. The molecule has 1 unspecified atom stereocenters. The first-order valence-corrected chi connectivity index (χ1v) is 7.39. The highest BCUT2D eigenvalue weighted by atomic mass is 16.5. The summed E-state index contributed by atoms with van der Waals surface area (Å²) >= 11 is 0. The second-order valence-electron chi connectivity index (χ2n) is 5.57. The van der Waals surface area contributed by atoms with Crippen LogP contribution in [0, 0.1) is 13.8 Å². The molecule has 5 heteroatoms. The van der Waals surface area contributed by atoms with Crippen LogP contribution in [0.25, 0.3) is 5.69 Å². The molecule has 2 aromatic rings. The Hall–Kier alpha value is -2.14. The van der Waals surface area contributed by atoms with E-state index in [1.54, 1.807) is 20.4 Å². The van der Waals surface area contributed by atoms with Crippen LogP contribution in [0.3, 0.4) is 0 Å². The van der Waals surface area contributed by atoms with Gasteiger partial charge < -0.3 is 14.6 Å². The maximum atomic E-state index is 12.3. The number of nitrogens with zero attached hydrogens (tertiary/aromatic N) is 2. The lowest BCUT2D eigenvalue weighted by atomic mass is 10.0. The first-order chi connectivity index (χ1) is 10.4. The molecule has 1 aromatic carbocycles. The normalized spacial score (nSPS) is 13.7. The average molecular weight is 301 g/mol. The van der Waals surface area contributed by atoms with Crippen molar-refractivity contribution in [2.75, 3.05) is 12.4 Å². The largest absolute Gasteiger partial charge is 0.369 e. The minimum Gasteiger partial charge on any atom is -0.369 e. The molecule has 0 bridgehead atoms. The fourth-order valence-electron chi connectivity index (χ4n) is 2.13. The predicted molar refractivity (Wildman–Crippen MR) is 87.4 cm³/mol. The van der Waals surface area contributed by atoms with Gasteiger partial charge in [0.2, 0.25) is 0 Å². The summed E-state index contributed by atoms with van der Waals surface area (Å²) in [5.41, 5.74) is 3.07. The molecule has 1 heterocycles. The summed E-state index contributed by atoms with van der Waals surface area (Å²) in [7, 11) is 1.55. The number of imidazole rings is 1. The molecule has 1 N–H and O–H groups in total. The van der Waals surface area contributed by atoms with Crippen molar-refractivity contribution in [2.24, 2.45) is 0 Å². The van der Waals surface area contributed by atoms with Crippen LogP contribution in [-0.2, 0) is 9.53 Å². The van der Waals surface area contributed by atoms with Crippen molar-refractivity contribution >= 4 is 11.6 Å². The van der Waals surface area contributed by atoms with Crippen LogP contribution >= 0.6 is 0 Å². The van der Waals surface area contributed by atoms with E-state index in [1.165, 1.54) is 0 Å². The van der Waals surface area contributed by atoms with Crippen molar-refractivity contribution < 1.29 is 9.53 Å². The zero-order valence-corrected chi connectivity index (χ0v) is 13.8. The van der Waals surface area contributed by atoms with Gasteiger partial charge in [-0.3, -0.25) is 4.79 Å². The van der Waals surface area contributed by atoms with Crippen LogP contribution in [0.5, 0.6) is 0 Å². The highest BCUT2D eigenvalue weighted by Crippen LogP contribution is 2.20. The Labute approximate surface area is 131 Å². The van der Waals surface area contributed by atoms with Crippen molar-refractivity contribution in [2.45, 2.75) is 39.7 Å². The standard InChI is InChI=1S/C17H23N3O2/c1-6-17(4,22-5)16(21)19-14-7-9-15(10-8-14)20-11-18-12(2)13(20)3/h7-11H,6H2,1-5H3,(H,19,21). The van der Waals surface area contributed by atoms with Crippen molar-refractivity contribution in [1.29, 1.82) is 0 Å². The van der Waals surface area contributed by atoms with Gasteiger partial charge in [0.05, 0.1) is 12.0 Å². The molecule has 0 spiro atoms. The lowest BCUT2D eigenvalue weighted by Gasteiger charge is -2.25. The highest BCUT2D eigenvalue weighted by Gasteiger charge is 2.30. The summed E-state index contributed by atoms with van der Waals surface area (Å²) in [5.74, 6) is -0.139. The van der Waals surface area contributed by atoms with Crippen LogP contribution in [-0.4, -0.2) is 28.2 Å². The maximum absolute atomic E-state index is 12.3. The van der Waals surface area contributed by atoms with Crippen LogP contribution in [0.2, 0.25) is 0 Å². The molecule has 0 radical (unpaired) electrons. The minimum absolute atomic E-state index is 0.139. The van der Waals surface area contributed by atoms with E-state index < -0.39 is 5.60 Å². The number of carbonyl (C=O) groups is 1. The Morgan fingerprint density at radius 2 is 1.95 bits per heavy atom. The number of anilines is 1. The van der Waals surface area contributed by atoms with E-state index in [0.29, 0.717) is 6.42 Å². The van der Waals surface area contributed by atoms with Crippen LogP contribution in [0.1, 0.15) is 31.7 Å². The van der Waals surface area contributed by atoms with Crippen molar-refractivity contribution in [3.05, 3.63) is 42.0 Å². The Bertz CT molecular complexity index is 655. The van der Waals surface area contributed by atoms with Crippen LogP contribution in [0.15, 0.2) is 30.6 Å². The summed E-state index contributed by atoms with van der Waals surface area (Å²) in [4.78, 5) is 16.6. The Balaban J connectivity index is 2.16. The molecule has 0 fully saturated rings. The van der Waals surface area contributed by atoms with Gasteiger partial charge in [0.15, 0.2) is 0 Å². The number of aryl methyl sites for hydroxylation is 1. The second-order valence-corrected chi connectivity index (χ2v) is 5.57. The quantitative estimate of drug-likeness (QED) is 0.922. The zero-order chi connectivity index (χ0) is 16.3. The van der Waals surface area contributed by atoms with Crippen LogP contribution < -0.4 is 5.32 Å². The first-order valence-electron chi connectivity index (χ1n) is 7.39. The number of rotatable bonds is 5. The van der Waals surface area contributed by atoms with Gasteiger partial charge in [0.1, 0.15) is 5.60 Å². The molecule has 0 saturated carbocycles. The summed E-state index contributed by atoms with van der Waals surface area (Å²) in [6, 6.07) is 7.68. The van der Waals surface area contributed by atoms with E-state index in [9.17, 15) is 4.79 Å². The molecule has 0 aliphatic carbocycles. The summed E-state index contributed by atoms with van der Waals surface area (Å²) < 4.78 is 7.33. The van der Waals surface area contributed by atoms with Gasteiger partial charge in [-0.1, -0.05) is 6.92 Å². The number of nitrogens with one attached hydrogen (secondary N) is 1. The van der Waals surface area contributed by atoms with E-state index in [2.05, 4.69) is 10.3 Å². The Morgan fingerprint density at radius 3 is 2.41 bits per heavy atom. The average Bonchev–Trinajstić information content (AvgIpc) is 2.87. The summed E-state index contributed by atoms with van der Waals surface area (Å²) in [6.07, 6.45) is 2.41. The molecule has 5 nitrogen and oxygen atoms in total. The molecule has 0 aliphatic rings. The molecule has 1 amide bonds. The van der Waals surface area contributed by atoms with E-state index in [0.717, 1.165) is 22.8 Å². The van der Waals surface area contributed by atoms with Gasteiger partial charge in [-0.15, -0.1) is 0 Å². The molecule has 1 atom stereocenters. The number of hydrogen-bond acceptors (Lipinski definition) is 3. The molecule has 118 valence electrons. The maximum Gasteiger partial charge on any atom is 0.256 e. The number of aromatic nitrogens is 2. The summed E-state index contributed by atoms with van der Waals surface area (Å²) in [5, 5.41) is 2.89. The first kappa shape index (κ1) is 16.2. The fourth-order valence-corrected chi connectivity index (χ4v) is 2.13. The van der Waals surface area contributed by atoms with E-state index in [-0.39, 0.29) is 5.91 Å². The lowest BCUT2D eigenvalue weighted by molar-refractivity contribution is -0.136. The number of ether oxygens (including phenoxy) is 1. The van der Waals surface area contributed by atoms with Crippen LogP contribution in [0.4, 0.5) is 5.69 Å². The zero-order valence-electron chi connectivity index (χ0n) is 13.8. The van der Waals surface area contributed by atoms with Gasteiger partial charge in [0, 0.05) is 24.2 Å². The topological polar surface area (TPSA) is 56.1 Å². The molecule has 0 aliphatic heterocycles. The number of carbonyl (C=O) groups excluding carboxylic acids is 1. The van der Waals surface area contributed by atoms with Gasteiger partial charge in [-0.2, -0.15) is 0 Å². The van der Waals surface area contributed by atoms with Gasteiger partial charge in [-0.05, 0) is 51.5 Å². The minimum atomic E-state index is -0.809. The Morgan fingerprint density at radius 1 is 1.32 bits per heavy atom. The van der Waals surface area contributed by atoms with Gasteiger partial charge >= 0.3 is 0 Å². The second kappa shape index (κ2) is 6.32. The summed E-state index contributed by atoms with van der Waals surface area (Å²) in [6.45, 7) is 7.73. The van der Waals surface area contributed by atoms with Gasteiger partial charge in [0.25, 0.3) is 5.91 Å². The third kappa shape index (κ3) is 3.04. The molecule has 0 saturated heterocycles. The lowest BCUT2D eigenvalue weighted by Crippen LogP contribution is -2.41. The number of hydrogen-bond donors (Lipinski definition) is 1. The van der Waals surface area contributed by atoms with E-state index in [1.807, 2.05) is 49.6 Å². The number of amides is 1. The molecular weight excluding hydrogens is 278 g/mol. The number of benzene rings is 1. The Kier molecular flexibility index (Phi) is 4.66. The monoisotopic (exact) mass is 301 g/mol. The third-order valence-corrected chi connectivity index (χ3v) is 4.26. The van der Waals surface area contributed by atoms with Gasteiger partial charge in [-0.25, -0.2) is 4.98 Å². The smallest absolute Gasteiger partial charge is 0.256 e. The SMILES string of the molecule is CCC(C)(OC)C(=O)Nc1ccc(-n2cnc(C)c2C)cc1. The van der Waals surface area contributed by atoms with Crippen molar-refractivity contribution in [3.8, 4) is 5.69 Å². The molecular formula is C17H23N3O2. The number of methoxy groups -OCH3 is 1. The molecule has 1 aromatic heterocycles. The molecule has 22 heavy (non-hydrogen) atoms. The van der Waals surface area contributed by atoms with Crippen molar-refractivity contribution in [3.63, 3.8) is 0 Å². The third-order valence-electron chi connectivity index (χ3n) is 4.26. The van der Waals surface area contributed by atoms with E-state index >= 15 is 0 Å².